The maximum Gasteiger partial charge on any atom is 0.100 e. The zero-order chi connectivity index (χ0) is 54.9. The molecular formula is C76H50N4S2. The fourth-order valence-corrected chi connectivity index (χ4v) is 15.8. The van der Waals surface area contributed by atoms with Crippen molar-refractivity contribution in [2.75, 3.05) is 0 Å². The van der Waals surface area contributed by atoms with E-state index in [0.717, 1.165) is 100 Å². The minimum Gasteiger partial charge on any atom is -0.309 e. The number of hydrogen-bond acceptors (Lipinski definition) is 4. The number of benzene rings is 11. The van der Waals surface area contributed by atoms with E-state index in [1.54, 1.807) is 0 Å². The summed E-state index contributed by atoms with van der Waals surface area (Å²) in [4.78, 5) is 4.96. The van der Waals surface area contributed by atoms with Gasteiger partial charge < -0.3 is 9.13 Å². The van der Waals surface area contributed by atoms with E-state index in [1.165, 1.54) is 73.0 Å². The van der Waals surface area contributed by atoms with Gasteiger partial charge in [-0.25, -0.2) is 0 Å². The molecule has 0 aliphatic rings. The van der Waals surface area contributed by atoms with E-state index in [9.17, 15) is 5.26 Å². The SMILES string of the molecule is Cc1ccc2c(c1)c1ccccc1n2-c1ccc(-c2c(C#N)c(-c3cc(C)nc(C)c3)c(-c3ccc(-n4c5ccccc5c5cc(C)ccc54)cc3)c(-c3cccc4sc5ccccc5c34)c2-c2cccc3sc4ccccc4c23)cc1. The van der Waals surface area contributed by atoms with E-state index >= 15 is 0 Å². The van der Waals surface area contributed by atoms with Crippen molar-refractivity contribution >= 4 is 107 Å². The highest BCUT2D eigenvalue weighted by Gasteiger charge is 2.32. The number of rotatable bonds is 7. The molecule has 0 aliphatic carbocycles. The number of aromatic nitrogens is 3. The van der Waals surface area contributed by atoms with E-state index < -0.39 is 0 Å². The number of aryl methyl sites for hydroxylation is 4. The van der Waals surface area contributed by atoms with Crippen molar-refractivity contribution in [1.82, 2.24) is 14.1 Å². The predicted octanol–water partition coefficient (Wildman–Crippen LogP) is 21.5. The molecule has 16 rings (SSSR count). The number of nitriles is 1. The third-order valence-corrected chi connectivity index (χ3v) is 19.1. The molecule has 386 valence electrons. The molecule has 0 spiro atoms. The summed E-state index contributed by atoms with van der Waals surface area (Å²) in [5, 5.41) is 22.2. The van der Waals surface area contributed by atoms with Crippen LogP contribution in [0.4, 0.5) is 0 Å². The fraction of sp³-hybridized carbons (Fsp3) is 0.0526. The Kier molecular flexibility index (Phi) is 10.9. The lowest BCUT2D eigenvalue weighted by Gasteiger charge is -2.27. The minimum atomic E-state index is 0.611. The lowest BCUT2D eigenvalue weighted by atomic mass is 9.74. The summed E-state index contributed by atoms with van der Waals surface area (Å²) in [6.07, 6.45) is 0. The van der Waals surface area contributed by atoms with E-state index in [-0.39, 0.29) is 0 Å². The molecule has 0 atom stereocenters. The van der Waals surface area contributed by atoms with E-state index in [4.69, 9.17) is 4.98 Å². The van der Waals surface area contributed by atoms with Crippen LogP contribution in [0.25, 0.3) is 151 Å². The Labute approximate surface area is 482 Å². The second-order valence-electron chi connectivity index (χ2n) is 21.9. The Morgan fingerprint density at radius 3 is 1.23 bits per heavy atom. The molecule has 11 aromatic carbocycles. The number of pyridine rings is 1. The van der Waals surface area contributed by atoms with Gasteiger partial charge in [-0.15, -0.1) is 22.7 Å². The van der Waals surface area contributed by atoms with Crippen LogP contribution in [-0.2, 0) is 0 Å². The molecule has 5 heterocycles. The van der Waals surface area contributed by atoms with E-state index in [1.807, 2.05) is 22.7 Å². The maximum absolute atomic E-state index is 12.5. The smallest absolute Gasteiger partial charge is 0.100 e. The molecule has 82 heavy (non-hydrogen) atoms. The highest BCUT2D eigenvalue weighted by Crippen LogP contribution is 2.57. The maximum atomic E-state index is 12.5. The second-order valence-corrected chi connectivity index (χ2v) is 24.1. The molecule has 0 unspecified atom stereocenters. The quantitative estimate of drug-likeness (QED) is 0.160. The van der Waals surface area contributed by atoms with Gasteiger partial charge in [0.25, 0.3) is 0 Å². The number of thiophene rings is 2. The Morgan fingerprint density at radius 1 is 0.341 bits per heavy atom. The number of para-hydroxylation sites is 2. The first-order valence-electron chi connectivity index (χ1n) is 27.9. The van der Waals surface area contributed by atoms with Crippen molar-refractivity contribution in [3.63, 3.8) is 0 Å². The highest BCUT2D eigenvalue weighted by molar-refractivity contribution is 7.26. The van der Waals surface area contributed by atoms with Crippen molar-refractivity contribution in [2.45, 2.75) is 27.7 Å². The first-order chi connectivity index (χ1) is 40.3. The zero-order valence-electron chi connectivity index (χ0n) is 45.5. The average Bonchev–Trinajstić information content (AvgIpc) is 2.07. The summed E-state index contributed by atoms with van der Waals surface area (Å²) in [5.41, 5.74) is 21.6. The molecule has 0 N–H and O–H groups in total. The van der Waals surface area contributed by atoms with E-state index in [0.29, 0.717) is 5.56 Å². The van der Waals surface area contributed by atoms with E-state index in [2.05, 4.69) is 273 Å². The van der Waals surface area contributed by atoms with Crippen LogP contribution >= 0.6 is 22.7 Å². The van der Waals surface area contributed by atoms with Gasteiger partial charge in [-0.2, -0.15) is 5.26 Å². The summed E-state index contributed by atoms with van der Waals surface area (Å²) < 4.78 is 9.64. The summed E-state index contributed by atoms with van der Waals surface area (Å²) >= 11 is 3.66. The summed E-state index contributed by atoms with van der Waals surface area (Å²) in [6, 6.07) is 87.7. The number of hydrogen-bond donors (Lipinski definition) is 0. The molecule has 5 aromatic heterocycles. The third-order valence-electron chi connectivity index (χ3n) is 16.8. The third kappa shape index (κ3) is 7.30. The molecule has 4 nitrogen and oxygen atoms in total. The molecule has 16 aromatic rings. The Morgan fingerprint density at radius 2 is 0.744 bits per heavy atom. The minimum absolute atomic E-state index is 0.611. The molecule has 0 fully saturated rings. The second kappa shape index (κ2) is 18.6. The topological polar surface area (TPSA) is 46.5 Å². The molecule has 0 aliphatic heterocycles. The van der Waals surface area contributed by atoms with Gasteiger partial charge in [0.15, 0.2) is 0 Å². The van der Waals surface area contributed by atoms with Crippen LogP contribution in [0.2, 0.25) is 0 Å². The first-order valence-corrected chi connectivity index (χ1v) is 29.5. The molecule has 0 radical (unpaired) electrons. The number of nitrogens with zero attached hydrogens (tertiary/aromatic N) is 4. The van der Waals surface area contributed by atoms with Crippen molar-refractivity contribution in [1.29, 1.82) is 5.26 Å². The van der Waals surface area contributed by atoms with Crippen LogP contribution in [0.15, 0.2) is 231 Å². The van der Waals surface area contributed by atoms with Crippen LogP contribution in [0.1, 0.15) is 28.1 Å². The van der Waals surface area contributed by atoms with Gasteiger partial charge in [0.05, 0.1) is 27.6 Å². The van der Waals surface area contributed by atoms with Crippen molar-refractivity contribution in [3.8, 4) is 73.1 Å². The zero-order valence-corrected chi connectivity index (χ0v) is 47.2. The van der Waals surface area contributed by atoms with Gasteiger partial charge in [0, 0.05) is 101 Å². The average molecular weight is 1080 g/mol. The Balaban J connectivity index is 1.08. The molecular weight excluding hydrogens is 1030 g/mol. The van der Waals surface area contributed by atoms with Gasteiger partial charge in [-0.05, 0) is 164 Å². The molecule has 0 saturated heterocycles. The monoisotopic (exact) mass is 1080 g/mol. The van der Waals surface area contributed by atoms with Crippen molar-refractivity contribution in [2.24, 2.45) is 0 Å². The molecule has 0 bridgehead atoms. The van der Waals surface area contributed by atoms with Gasteiger partial charge in [-0.1, -0.05) is 145 Å². The van der Waals surface area contributed by atoms with Crippen LogP contribution in [-0.4, -0.2) is 14.1 Å². The summed E-state index contributed by atoms with van der Waals surface area (Å²) in [5.74, 6) is 0. The lowest BCUT2D eigenvalue weighted by molar-refractivity contribution is 1.12. The van der Waals surface area contributed by atoms with Gasteiger partial charge in [0.2, 0.25) is 0 Å². The summed E-state index contributed by atoms with van der Waals surface area (Å²) in [7, 11) is 0. The molecule has 0 saturated carbocycles. The van der Waals surface area contributed by atoms with Crippen LogP contribution in [0.3, 0.4) is 0 Å². The Bertz CT molecular complexity index is 5370. The normalized spacial score (nSPS) is 11.9. The summed E-state index contributed by atoms with van der Waals surface area (Å²) in [6.45, 7) is 8.46. The van der Waals surface area contributed by atoms with Gasteiger partial charge in [0.1, 0.15) is 6.07 Å². The lowest BCUT2D eigenvalue weighted by Crippen LogP contribution is -2.04. The van der Waals surface area contributed by atoms with Crippen molar-refractivity contribution in [3.05, 3.63) is 259 Å². The van der Waals surface area contributed by atoms with Crippen molar-refractivity contribution < 1.29 is 0 Å². The molecule has 0 amide bonds. The predicted molar refractivity (Wildman–Crippen MR) is 350 cm³/mol. The fourth-order valence-electron chi connectivity index (χ4n) is 13.5. The van der Waals surface area contributed by atoms with Gasteiger partial charge >= 0.3 is 0 Å². The van der Waals surface area contributed by atoms with Crippen LogP contribution in [0, 0.1) is 39.0 Å². The number of fused-ring (bicyclic) bond motifs is 12. The molecule has 6 heteroatoms. The van der Waals surface area contributed by atoms with Gasteiger partial charge in [-0.3, -0.25) is 4.98 Å². The largest absolute Gasteiger partial charge is 0.309 e. The Hall–Kier alpha value is -9.90. The highest BCUT2D eigenvalue weighted by atomic mass is 32.1. The van der Waals surface area contributed by atoms with Crippen LogP contribution < -0.4 is 0 Å². The van der Waals surface area contributed by atoms with Crippen LogP contribution in [0.5, 0.6) is 0 Å². The standard InChI is InChI=1S/C76H50N4S2/c1-44-27-37-64-59(39-44)53-15-5-9-21-62(53)79(64)51-33-29-48(30-34-51)70-61(43-77)71(50-41-46(3)78-47(4)42-50)72(49-31-35-52(36-32-49)80-63-22-10-6-16-54(63)60-40-45(2)28-38-65(60)80)76(58-20-14-26-69-74(58)56-18-8-12-24-67(56)82-69)75(70)57-19-13-25-68-73(57)55-17-7-11-23-66(55)81-68/h5-42H,1-4H3. The first kappa shape index (κ1) is 48.0.